The van der Waals surface area contributed by atoms with Crippen molar-refractivity contribution in [1.82, 2.24) is 4.90 Å². The molecule has 0 atom stereocenters. The third kappa shape index (κ3) is 3.87. The van der Waals surface area contributed by atoms with Crippen LogP contribution < -0.4 is 5.73 Å². The van der Waals surface area contributed by atoms with Gasteiger partial charge in [-0.1, -0.05) is 17.7 Å². The van der Waals surface area contributed by atoms with Crippen molar-refractivity contribution < 1.29 is 4.74 Å². The van der Waals surface area contributed by atoms with Gasteiger partial charge in [0.05, 0.1) is 0 Å². The summed E-state index contributed by atoms with van der Waals surface area (Å²) in [5.41, 5.74) is 7.55. The van der Waals surface area contributed by atoms with E-state index in [1.165, 1.54) is 12.8 Å². The topological polar surface area (TPSA) is 38.5 Å². The van der Waals surface area contributed by atoms with E-state index in [0.717, 1.165) is 48.5 Å². The molecule has 1 heterocycles. The van der Waals surface area contributed by atoms with Gasteiger partial charge in [0.1, 0.15) is 0 Å². The standard InChI is InChI=1S/C14H21ClN2O/c1-17(9-11-4-6-18-7-5-11)10-12-2-3-13(16)8-14(12)15/h2-3,8,11H,4-7,9-10,16H2,1H3. The maximum Gasteiger partial charge on any atom is 0.0471 e. The SMILES string of the molecule is CN(Cc1ccc(N)cc1Cl)CC1CCOCC1. The lowest BCUT2D eigenvalue weighted by Gasteiger charge is -2.27. The molecule has 0 unspecified atom stereocenters. The first kappa shape index (κ1) is 13.7. The summed E-state index contributed by atoms with van der Waals surface area (Å²) in [5.74, 6) is 0.747. The van der Waals surface area contributed by atoms with Crippen LogP contribution in [0.4, 0.5) is 5.69 Å². The van der Waals surface area contributed by atoms with Crippen molar-refractivity contribution >= 4 is 17.3 Å². The number of ether oxygens (including phenoxy) is 1. The highest BCUT2D eigenvalue weighted by molar-refractivity contribution is 6.31. The summed E-state index contributed by atoms with van der Waals surface area (Å²) in [6.07, 6.45) is 2.33. The molecule has 4 heteroatoms. The summed E-state index contributed by atoms with van der Waals surface area (Å²) in [4.78, 5) is 2.33. The Morgan fingerprint density at radius 1 is 1.39 bits per heavy atom. The normalized spacial score (nSPS) is 17.3. The van der Waals surface area contributed by atoms with Crippen molar-refractivity contribution in [1.29, 1.82) is 0 Å². The summed E-state index contributed by atoms with van der Waals surface area (Å²) in [6, 6.07) is 5.74. The number of nitrogens with zero attached hydrogens (tertiary/aromatic N) is 1. The van der Waals surface area contributed by atoms with Crippen molar-refractivity contribution in [2.24, 2.45) is 5.92 Å². The van der Waals surface area contributed by atoms with Gasteiger partial charge >= 0.3 is 0 Å². The Labute approximate surface area is 114 Å². The number of nitrogens with two attached hydrogens (primary N) is 1. The van der Waals surface area contributed by atoms with Gasteiger partial charge in [-0.05, 0) is 43.5 Å². The molecule has 0 radical (unpaired) electrons. The molecule has 1 fully saturated rings. The largest absolute Gasteiger partial charge is 0.399 e. The predicted molar refractivity (Wildman–Crippen MR) is 75.7 cm³/mol. The van der Waals surface area contributed by atoms with E-state index < -0.39 is 0 Å². The first-order valence-electron chi connectivity index (χ1n) is 6.45. The summed E-state index contributed by atoms with van der Waals surface area (Å²) in [6.45, 7) is 3.78. The summed E-state index contributed by atoms with van der Waals surface area (Å²) >= 11 is 6.19. The van der Waals surface area contributed by atoms with Crippen LogP contribution in [-0.4, -0.2) is 31.7 Å². The Morgan fingerprint density at radius 2 is 2.11 bits per heavy atom. The van der Waals surface area contributed by atoms with Crippen molar-refractivity contribution in [3.8, 4) is 0 Å². The van der Waals surface area contributed by atoms with Crippen molar-refractivity contribution in [3.05, 3.63) is 28.8 Å². The van der Waals surface area contributed by atoms with E-state index in [0.29, 0.717) is 0 Å². The molecular weight excluding hydrogens is 248 g/mol. The quantitative estimate of drug-likeness (QED) is 0.854. The number of nitrogen functional groups attached to an aromatic ring is 1. The fraction of sp³-hybridized carbons (Fsp3) is 0.571. The van der Waals surface area contributed by atoms with Gasteiger partial charge < -0.3 is 15.4 Å². The van der Waals surface area contributed by atoms with Crippen molar-refractivity contribution in [2.45, 2.75) is 19.4 Å². The third-order valence-corrected chi connectivity index (χ3v) is 3.78. The first-order chi connectivity index (χ1) is 8.65. The zero-order valence-corrected chi connectivity index (χ0v) is 11.6. The van der Waals surface area contributed by atoms with E-state index in [4.69, 9.17) is 22.1 Å². The minimum Gasteiger partial charge on any atom is -0.399 e. The summed E-state index contributed by atoms with van der Waals surface area (Å²) in [7, 11) is 2.14. The lowest BCUT2D eigenvalue weighted by atomic mass is 10.00. The minimum atomic E-state index is 0.718. The fourth-order valence-electron chi connectivity index (χ4n) is 2.42. The second-order valence-corrected chi connectivity index (χ2v) is 5.51. The number of halogens is 1. The van der Waals surface area contributed by atoms with E-state index in [9.17, 15) is 0 Å². The molecule has 0 aromatic heterocycles. The van der Waals surface area contributed by atoms with Gasteiger partial charge in [-0.2, -0.15) is 0 Å². The zero-order chi connectivity index (χ0) is 13.0. The third-order valence-electron chi connectivity index (χ3n) is 3.43. The van der Waals surface area contributed by atoms with E-state index in [2.05, 4.69) is 11.9 Å². The van der Waals surface area contributed by atoms with Crippen LogP contribution in [0.3, 0.4) is 0 Å². The van der Waals surface area contributed by atoms with Crippen LogP contribution in [0, 0.1) is 5.92 Å². The van der Waals surface area contributed by atoms with Crippen molar-refractivity contribution in [2.75, 3.05) is 32.5 Å². The molecular formula is C14H21ClN2O. The van der Waals surface area contributed by atoms with Crippen molar-refractivity contribution in [3.63, 3.8) is 0 Å². The lowest BCUT2D eigenvalue weighted by Crippen LogP contribution is -2.29. The Kier molecular flexibility index (Phi) is 4.87. The number of benzene rings is 1. The summed E-state index contributed by atoms with van der Waals surface area (Å²) < 4.78 is 5.38. The molecule has 1 aliphatic heterocycles. The molecule has 100 valence electrons. The highest BCUT2D eigenvalue weighted by atomic mass is 35.5. The monoisotopic (exact) mass is 268 g/mol. The molecule has 2 N–H and O–H groups in total. The first-order valence-corrected chi connectivity index (χ1v) is 6.83. The van der Waals surface area contributed by atoms with E-state index in [1.54, 1.807) is 0 Å². The molecule has 0 spiro atoms. The Morgan fingerprint density at radius 3 is 2.78 bits per heavy atom. The smallest absolute Gasteiger partial charge is 0.0471 e. The highest BCUT2D eigenvalue weighted by Crippen LogP contribution is 2.22. The molecule has 0 aliphatic carbocycles. The number of anilines is 1. The van der Waals surface area contributed by atoms with E-state index in [1.807, 2.05) is 18.2 Å². The van der Waals surface area contributed by atoms with Crippen LogP contribution in [0.5, 0.6) is 0 Å². The van der Waals surface area contributed by atoms with Crippen LogP contribution in [0.2, 0.25) is 5.02 Å². The average molecular weight is 269 g/mol. The van der Waals surface area contributed by atoms with Crippen LogP contribution >= 0.6 is 11.6 Å². The average Bonchev–Trinajstić information content (AvgIpc) is 2.34. The van der Waals surface area contributed by atoms with Gasteiger partial charge in [0.2, 0.25) is 0 Å². The Bertz CT molecular complexity index is 391. The van der Waals surface area contributed by atoms with E-state index in [-0.39, 0.29) is 0 Å². The molecule has 3 nitrogen and oxygen atoms in total. The fourth-order valence-corrected chi connectivity index (χ4v) is 2.67. The predicted octanol–water partition coefficient (Wildman–Crippen LogP) is 2.78. The van der Waals surface area contributed by atoms with Gasteiger partial charge in [0, 0.05) is 37.0 Å². The zero-order valence-electron chi connectivity index (χ0n) is 10.9. The molecule has 0 saturated carbocycles. The molecule has 1 saturated heterocycles. The molecule has 0 bridgehead atoms. The van der Waals surface area contributed by atoms with Gasteiger partial charge in [0.15, 0.2) is 0 Å². The molecule has 1 aromatic carbocycles. The highest BCUT2D eigenvalue weighted by Gasteiger charge is 2.16. The molecule has 0 amide bonds. The maximum absolute atomic E-state index is 6.19. The molecule has 1 aromatic rings. The van der Waals surface area contributed by atoms with Crippen LogP contribution in [0.15, 0.2) is 18.2 Å². The van der Waals surface area contributed by atoms with Gasteiger partial charge in [-0.15, -0.1) is 0 Å². The molecule has 1 aliphatic rings. The van der Waals surface area contributed by atoms with Gasteiger partial charge in [-0.25, -0.2) is 0 Å². The minimum absolute atomic E-state index is 0.718. The second kappa shape index (κ2) is 6.41. The van der Waals surface area contributed by atoms with Gasteiger partial charge in [-0.3, -0.25) is 0 Å². The molecule has 2 rings (SSSR count). The second-order valence-electron chi connectivity index (χ2n) is 5.10. The van der Waals surface area contributed by atoms with Gasteiger partial charge in [0.25, 0.3) is 0 Å². The number of hydrogen-bond donors (Lipinski definition) is 1. The van der Waals surface area contributed by atoms with Crippen LogP contribution in [0.1, 0.15) is 18.4 Å². The molecule has 18 heavy (non-hydrogen) atoms. The summed E-state index contributed by atoms with van der Waals surface area (Å²) in [5, 5.41) is 0.758. The lowest BCUT2D eigenvalue weighted by molar-refractivity contribution is 0.0549. The maximum atomic E-state index is 6.19. The number of hydrogen-bond acceptors (Lipinski definition) is 3. The Hall–Kier alpha value is -0.770. The van der Waals surface area contributed by atoms with Crippen LogP contribution in [0.25, 0.3) is 0 Å². The van der Waals surface area contributed by atoms with E-state index >= 15 is 0 Å². The Balaban J connectivity index is 1.87. The van der Waals surface area contributed by atoms with Crippen LogP contribution in [-0.2, 0) is 11.3 Å². The number of rotatable bonds is 4.